The minimum absolute atomic E-state index is 0.118. The minimum Gasteiger partial charge on any atom is -0.507 e. The molecule has 0 saturated carbocycles. The van der Waals surface area contributed by atoms with Gasteiger partial charge in [-0.2, -0.15) is 0 Å². The van der Waals surface area contributed by atoms with Crippen LogP contribution in [0.15, 0.2) is 24.3 Å². The van der Waals surface area contributed by atoms with Crippen molar-refractivity contribution in [2.45, 2.75) is 46.3 Å². The molecule has 8 nitrogen and oxygen atoms in total. The van der Waals surface area contributed by atoms with Crippen LogP contribution in [0.2, 0.25) is 0 Å². The number of likely N-dealkylation sites (N-methyl/N-ethyl adjacent to an activating group) is 1. The molecule has 0 aliphatic carbocycles. The lowest BCUT2D eigenvalue weighted by atomic mass is 9.86. The number of phenols is 1. The van der Waals surface area contributed by atoms with Crippen LogP contribution in [0, 0.1) is 5.41 Å². The number of aromatic hydroxyl groups is 1. The molecule has 3 N–H and O–H groups in total. The van der Waals surface area contributed by atoms with Crippen LogP contribution in [-0.4, -0.2) is 58.1 Å². The number of phenolic OH excluding ortho intramolecular Hbond substituents is 1. The van der Waals surface area contributed by atoms with Crippen LogP contribution in [0.4, 0.5) is 0 Å². The van der Waals surface area contributed by atoms with Gasteiger partial charge < -0.3 is 25.2 Å². The summed E-state index contributed by atoms with van der Waals surface area (Å²) in [5.74, 6) is 0.0435. The van der Waals surface area contributed by atoms with Crippen LogP contribution < -0.4 is 10.6 Å². The van der Waals surface area contributed by atoms with Crippen LogP contribution in [0.25, 0.3) is 11.4 Å². The van der Waals surface area contributed by atoms with Gasteiger partial charge in [-0.25, -0.2) is 4.98 Å². The topological polar surface area (TPSA) is 99.5 Å². The first-order valence-electron chi connectivity index (χ1n) is 10.2. The van der Waals surface area contributed by atoms with Gasteiger partial charge in [0.2, 0.25) is 5.91 Å². The fraction of sp³-hybridized carbons (Fsp3) is 0.500. The predicted molar refractivity (Wildman–Crippen MR) is 115 cm³/mol. The highest BCUT2D eigenvalue weighted by molar-refractivity contribution is 5.98. The number of fused-ring (bicyclic) bond motifs is 1. The molecule has 0 saturated heterocycles. The highest BCUT2D eigenvalue weighted by Crippen LogP contribution is 2.32. The summed E-state index contributed by atoms with van der Waals surface area (Å²) in [5.41, 5.74) is 1.19. The van der Waals surface area contributed by atoms with E-state index in [9.17, 15) is 14.7 Å². The van der Waals surface area contributed by atoms with Gasteiger partial charge in [-0.3, -0.25) is 9.59 Å². The van der Waals surface area contributed by atoms with E-state index in [2.05, 4.69) is 20.5 Å². The molecule has 2 amide bonds. The minimum atomic E-state index is -0.704. The van der Waals surface area contributed by atoms with Crippen molar-refractivity contribution in [1.29, 1.82) is 0 Å². The fourth-order valence-electron chi connectivity index (χ4n) is 3.79. The molecule has 1 aromatic carbocycles. The Bertz CT molecular complexity index is 945. The number of hydrogen-bond donors (Lipinski definition) is 3. The molecule has 2 aromatic rings. The number of nitrogens with zero attached hydrogens (tertiary/aromatic N) is 3. The standard InChI is InChI=1S/C22H31N5O3/c1-22(2,3)18(21(30)23-4)25-20(29)17-15-13-26(5)11-8-12-27(15)19(24-17)14-9-6-7-10-16(14)28/h6-7,9-10,18,28H,8,11-13H2,1-5H3,(H,23,30)(H,25,29). The second kappa shape index (κ2) is 8.47. The first-order chi connectivity index (χ1) is 14.1. The van der Waals surface area contributed by atoms with Crippen molar-refractivity contribution in [3.63, 3.8) is 0 Å². The highest BCUT2D eigenvalue weighted by Gasteiger charge is 2.34. The van der Waals surface area contributed by atoms with E-state index < -0.39 is 11.5 Å². The summed E-state index contributed by atoms with van der Waals surface area (Å²) in [5, 5.41) is 15.9. The Labute approximate surface area is 177 Å². The maximum Gasteiger partial charge on any atom is 0.272 e. The maximum absolute atomic E-state index is 13.3. The third-order valence-corrected chi connectivity index (χ3v) is 5.42. The molecule has 1 atom stereocenters. The second-order valence-electron chi connectivity index (χ2n) is 8.88. The molecule has 1 aromatic heterocycles. The Morgan fingerprint density at radius 2 is 1.90 bits per heavy atom. The zero-order valence-corrected chi connectivity index (χ0v) is 18.3. The molecule has 1 aliphatic rings. The van der Waals surface area contributed by atoms with Gasteiger partial charge in [-0.05, 0) is 37.6 Å². The number of para-hydroxylation sites is 1. The summed E-state index contributed by atoms with van der Waals surface area (Å²) < 4.78 is 2.01. The first-order valence-corrected chi connectivity index (χ1v) is 10.2. The van der Waals surface area contributed by atoms with Crippen molar-refractivity contribution in [1.82, 2.24) is 25.1 Å². The van der Waals surface area contributed by atoms with Gasteiger partial charge in [0.25, 0.3) is 5.91 Å². The number of nitrogens with one attached hydrogen (secondary N) is 2. The molecule has 8 heteroatoms. The van der Waals surface area contributed by atoms with E-state index in [1.165, 1.54) is 0 Å². The van der Waals surface area contributed by atoms with E-state index in [4.69, 9.17) is 0 Å². The molecular formula is C22H31N5O3. The molecule has 3 rings (SSSR count). The van der Waals surface area contributed by atoms with Gasteiger partial charge in [0, 0.05) is 20.1 Å². The number of hydrogen-bond acceptors (Lipinski definition) is 5. The van der Waals surface area contributed by atoms with Gasteiger partial charge in [-0.15, -0.1) is 0 Å². The fourth-order valence-corrected chi connectivity index (χ4v) is 3.79. The van der Waals surface area contributed by atoms with Crippen molar-refractivity contribution in [3.8, 4) is 17.1 Å². The van der Waals surface area contributed by atoms with Crippen LogP contribution in [0.5, 0.6) is 5.75 Å². The van der Waals surface area contributed by atoms with E-state index in [1.807, 2.05) is 38.5 Å². The van der Waals surface area contributed by atoms with Crippen molar-refractivity contribution in [2.75, 3.05) is 20.6 Å². The molecule has 0 spiro atoms. The van der Waals surface area contributed by atoms with E-state index >= 15 is 0 Å². The predicted octanol–water partition coefficient (Wildman–Crippen LogP) is 1.98. The summed E-state index contributed by atoms with van der Waals surface area (Å²) in [6.07, 6.45) is 0.907. The van der Waals surface area contributed by atoms with Gasteiger partial charge >= 0.3 is 0 Å². The number of imidazole rings is 1. The monoisotopic (exact) mass is 413 g/mol. The lowest BCUT2D eigenvalue weighted by molar-refractivity contribution is -0.124. The van der Waals surface area contributed by atoms with E-state index in [1.54, 1.807) is 25.2 Å². The largest absolute Gasteiger partial charge is 0.507 e. The summed E-state index contributed by atoms with van der Waals surface area (Å²) >= 11 is 0. The number of aromatic nitrogens is 2. The highest BCUT2D eigenvalue weighted by atomic mass is 16.3. The normalized spacial score (nSPS) is 15.8. The van der Waals surface area contributed by atoms with E-state index in [0.29, 0.717) is 30.2 Å². The lowest BCUT2D eigenvalue weighted by Gasteiger charge is -2.29. The van der Waals surface area contributed by atoms with E-state index in [0.717, 1.165) is 18.7 Å². The quantitative estimate of drug-likeness (QED) is 0.712. The van der Waals surface area contributed by atoms with Crippen molar-refractivity contribution in [3.05, 3.63) is 35.7 Å². The summed E-state index contributed by atoms with van der Waals surface area (Å²) in [6, 6.07) is 6.29. The number of rotatable bonds is 4. The maximum atomic E-state index is 13.3. The average molecular weight is 414 g/mol. The Kier molecular flexibility index (Phi) is 6.17. The summed E-state index contributed by atoms with van der Waals surface area (Å²) in [7, 11) is 3.56. The number of benzene rings is 1. The van der Waals surface area contributed by atoms with Gasteiger partial charge in [-0.1, -0.05) is 32.9 Å². The smallest absolute Gasteiger partial charge is 0.272 e. The molecule has 0 bridgehead atoms. The molecule has 1 aliphatic heterocycles. The number of carbonyl (C=O) groups is 2. The van der Waals surface area contributed by atoms with Crippen molar-refractivity contribution in [2.24, 2.45) is 5.41 Å². The van der Waals surface area contributed by atoms with Crippen LogP contribution in [-0.2, 0) is 17.9 Å². The zero-order valence-electron chi connectivity index (χ0n) is 18.3. The second-order valence-corrected chi connectivity index (χ2v) is 8.88. The van der Waals surface area contributed by atoms with Crippen LogP contribution in [0.1, 0.15) is 43.4 Å². The average Bonchev–Trinajstić information content (AvgIpc) is 2.91. The molecule has 0 radical (unpaired) electrons. The van der Waals surface area contributed by atoms with Gasteiger partial charge in [0.05, 0.1) is 11.3 Å². The molecule has 162 valence electrons. The van der Waals surface area contributed by atoms with Crippen LogP contribution >= 0.6 is 0 Å². The molecule has 30 heavy (non-hydrogen) atoms. The summed E-state index contributed by atoms with van der Waals surface area (Å²) in [4.78, 5) is 32.5. The SMILES string of the molecule is CNC(=O)C(NC(=O)c1nc(-c2ccccc2O)n2c1CN(C)CCC2)C(C)(C)C. The molecule has 0 fully saturated rings. The Balaban J connectivity index is 2.07. The molecular weight excluding hydrogens is 382 g/mol. The zero-order chi connectivity index (χ0) is 22.1. The molecule has 1 unspecified atom stereocenters. The van der Waals surface area contributed by atoms with Gasteiger partial charge in [0.15, 0.2) is 5.69 Å². The molecule has 2 heterocycles. The third kappa shape index (κ3) is 4.33. The van der Waals surface area contributed by atoms with Crippen LogP contribution in [0.3, 0.4) is 0 Å². The number of amides is 2. The lowest BCUT2D eigenvalue weighted by Crippen LogP contribution is -2.53. The van der Waals surface area contributed by atoms with Crippen molar-refractivity contribution >= 4 is 11.8 Å². The van der Waals surface area contributed by atoms with Gasteiger partial charge in [0.1, 0.15) is 17.6 Å². The summed E-state index contributed by atoms with van der Waals surface area (Å²) in [6.45, 7) is 7.86. The Morgan fingerprint density at radius 1 is 1.20 bits per heavy atom. The Hall–Kier alpha value is -2.87. The Morgan fingerprint density at radius 3 is 2.53 bits per heavy atom. The third-order valence-electron chi connectivity index (χ3n) is 5.42. The van der Waals surface area contributed by atoms with E-state index in [-0.39, 0.29) is 17.6 Å². The number of carbonyl (C=O) groups excluding carboxylic acids is 2. The first kappa shape index (κ1) is 21.8. The van der Waals surface area contributed by atoms with Crippen molar-refractivity contribution < 1.29 is 14.7 Å².